The van der Waals surface area contributed by atoms with E-state index < -0.39 is 0 Å². The van der Waals surface area contributed by atoms with Gasteiger partial charge in [-0.2, -0.15) is 0 Å². The molecule has 2 aliphatic rings. The standard InChI is InChI=1S/C26H26BrN3O2/c1-28-23-9-5-4-8-20(23)22(26(28)32)14-18-16-30(24-11-10-19(27)15-21(18)24)17-25(31)29-12-6-2-3-7-13-29/h4-5,8-11,14-16H,2-3,6-7,12-13,17H2,1H3/b22-14+. The predicted octanol–water partition coefficient (Wildman–Crippen LogP) is 5.32. The van der Waals surface area contributed by atoms with E-state index in [0.29, 0.717) is 12.1 Å². The summed E-state index contributed by atoms with van der Waals surface area (Å²) >= 11 is 3.58. The maximum absolute atomic E-state index is 13.1. The van der Waals surface area contributed by atoms with E-state index in [4.69, 9.17) is 0 Å². The van der Waals surface area contributed by atoms with Crippen LogP contribution in [0.15, 0.2) is 53.1 Å². The summed E-state index contributed by atoms with van der Waals surface area (Å²) in [6, 6.07) is 13.9. The van der Waals surface area contributed by atoms with Crippen molar-refractivity contribution in [3.8, 4) is 0 Å². The first kappa shape index (κ1) is 21.0. The molecule has 5 rings (SSSR count). The third-order valence-corrected chi connectivity index (χ3v) is 7.02. The van der Waals surface area contributed by atoms with Crippen molar-refractivity contribution in [1.82, 2.24) is 9.47 Å². The molecule has 164 valence electrons. The average Bonchev–Trinajstić information content (AvgIpc) is 3.08. The lowest BCUT2D eigenvalue weighted by Gasteiger charge is -2.20. The van der Waals surface area contributed by atoms with Gasteiger partial charge in [0.15, 0.2) is 0 Å². The van der Waals surface area contributed by atoms with E-state index in [2.05, 4.69) is 22.0 Å². The quantitative estimate of drug-likeness (QED) is 0.465. The molecule has 0 radical (unpaired) electrons. The van der Waals surface area contributed by atoms with Gasteiger partial charge in [-0.1, -0.05) is 47.0 Å². The first-order valence-electron chi connectivity index (χ1n) is 11.2. The maximum Gasteiger partial charge on any atom is 0.258 e. The average molecular weight is 492 g/mol. The van der Waals surface area contributed by atoms with Gasteiger partial charge in [0.05, 0.1) is 5.69 Å². The summed E-state index contributed by atoms with van der Waals surface area (Å²) in [5.41, 5.74) is 4.48. The van der Waals surface area contributed by atoms with E-state index >= 15 is 0 Å². The van der Waals surface area contributed by atoms with Crippen molar-refractivity contribution in [1.29, 1.82) is 0 Å². The topological polar surface area (TPSA) is 45.6 Å². The SMILES string of the molecule is CN1C(=O)/C(=C/c2cn(CC(=O)N3CCCCCC3)c3ccc(Br)cc23)c2ccccc21. The molecule has 6 heteroatoms. The van der Waals surface area contributed by atoms with Crippen LogP contribution in [0, 0.1) is 0 Å². The number of para-hydroxylation sites is 1. The smallest absolute Gasteiger partial charge is 0.258 e. The van der Waals surface area contributed by atoms with E-state index in [1.165, 1.54) is 12.8 Å². The third-order valence-electron chi connectivity index (χ3n) is 6.53. The lowest BCUT2D eigenvalue weighted by Crippen LogP contribution is -2.34. The number of likely N-dealkylation sites (N-methyl/N-ethyl adjacent to an activating group) is 1. The summed E-state index contributed by atoms with van der Waals surface area (Å²) in [4.78, 5) is 29.7. The van der Waals surface area contributed by atoms with Gasteiger partial charge in [0, 0.05) is 58.4 Å². The number of halogens is 1. The highest BCUT2D eigenvalue weighted by Gasteiger charge is 2.29. The van der Waals surface area contributed by atoms with Gasteiger partial charge in [0.2, 0.25) is 5.91 Å². The minimum Gasteiger partial charge on any atom is -0.341 e. The number of rotatable bonds is 3. The molecule has 0 atom stereocenters. The number of hydrogen-bond acceptors (Lipinski definition) is 2. The second-order valence-corrected chi connectivity index (χ2v) is 9.52. The molecule has 0 spiro atoms. The Labute approximate surface area is 196 Å². The van der Waals surface area contributed by atoms with Crippen LogP contribution in [0.25, 0.3) is 22.6 Å². The van der Waals surface area contributed by atoms with Crippen LogP contribution < -0.4 is 4.90 Å². The molecular weight excluding hydrogens is 466 g/mol. The number of anilines is 1. The molecule has 0 N–H and O–H groups in total. The second-order valence-electron chi connectivity index (χ2n) is 8.61. The Morgan fingerprint density at radius 2 is 1.81 bits per heavy atom. The summed E-state index contributed by atoms with van der Waals surface area (Å²) in [5.74, 6) is 0.149. The summed E-state index contributed by atoms with van der Waals surface area (Å²) in [5, 5.41) is 1.02. The third kappa shape index (κ3) is 3.77. The number of likely N-dealkylation sites (tertiary alicyclic amines) is 1. The fourth-order valence-electron chi connectivity index (χ4n) is 4.80. The molecule has 1 aromatic heterocycles. The molecule has 2 aromatic carbocycles. The first-order chi connectivity index (χ1) is 15.5. The van der Waals surface area contributed by atoms with Crippen molar-refractivity contribution < 1.29 is 9.59 Å². The van der Waals surface area contributed by atoms with E-state index in [9.17, 15) is 9.59 Å². The number of aromatic nitrogens is 1. The van der Waals surface area contributed by atoms with E-state index in [-0.39, 0.29) is 11.8 Å². The lowest BCUT2D eigenvalue weighted by atomic mass is 10.0. The highest BCUT2D eigenvalue weighted by Crippen LogP contribution is 2.38. The van der Waals surface area contributed by atoms with Crippen LogP contribution in [0.1, 0.15) is 36.8 Å². The molecule has 0 unspecified atom stereocenters. The minimum absolute atomic E-state index is 0.0114. The van der Waals surface area contributed by atoms with Crippen molar-refractivity contribution >= 4 is 56.0 Å². The lowest BCUT2D eigenvalue weighted by molar-refractivity contribution is -0.131. The normalized spacial score (nSPS) is 17.8. The van der Waals surface area contributed by atoms with Crippen LogP contribution in [-0.2, 0) is 16.1 Å². The van der Waals surface area contributed by atoms with Crippen LogP contribution >= 0.6 is 15.9 Å². The van der Waals surface area contributed by atoms with Crippen molar-refractivity contribution in [2.75, 3.05) is 25.0 Å². The van der Waals surface area contributed by atoms with Gasteiger partial charge >= 0.3 is 0 Å². The Balaban J connectivity index is 1.55. The molecule has 5 nitrogen and oxygen atoms in total. The van der Waals surface area contributed by atoms with Crippen LogP contribution in [0.5, 0.6) is 0 Å². The first-order valence-corrected chi connectivity index (χ1v) is 12.0. The molecule has 3 heterocycles. The molecule has 1 saturated heterocycles. The van der Waals surface area contributed by atoms with Crippen molar-refractivity contribution in [3.05, 3.63) is 64.3 Å². The van der Waals surface area contributed by atoms with Gasteiger partial charge in [-0.25, -0.2) is 0 Å². The number of benzene rings is 2. The molecule has 1 fully saturated rings. The van der Waals surface area contributed by atoms with Crippen molar-refractivity contribution in [2.24, 2.45) is 0 Å². The number of fused-ring (bicyclic) bond motifs is 2. The van der Waals surface area contributed by atoms with E-state index in [1.54, 1.807) is 4.90 Å². The number of nitrogens with zero attached hydrogens (tertiary/aromatic N) is 3. The molecule has 0 aliphatic carbocycles. The van der Waals surface area contributed by atoms with Gasteiger partial charge in [-0.15, -0.1) is 0 Å². The molecule has 2 amide bonds. The summed E-state index contributed by atoms with van der Waals surface area (Å²) in [6.45, 7) is 2.00. The van der Waals surface area contributed by atoms with Crippen molar-refractivity contribution in [3.63, 3.8) is 0 Å². The largest absolute Gasteiger partial charge is 0.341 e. The fourth-order valence-corrected chi connectivity index (χ4v) is 5.16. The van der Waals surface area contributed by atoms with Gasteiger partial charge in [-0.3, -0.25) is 9.59 Å². The molecule has 0 saturated carbocycles. The van der Waals surface area contributed by atoms with Gasteiger partial charge in [0.1, 0.15) is 6.54 Å². The van der Waals surface area contributed by atoms with Crippen LogP contribution in [-0.4, -0.2) is 41.4 Å². The zero-order chi connectivity index (χ0) is 22.2. The second kappa shape index (κ2) is 8.58. The number of hydrogen-bond donors (Lipinski definition) is 0. The highest BCUT2D eigenvalue weighted by atomic mass is 79.9. The molecule has 3 aromatic rings. The zero-order valence-electron chi connectivity index (χ0n) is 18.2. The minimum atomic E-state index is -0.0114. The summed E-state index contributed by atoms with van der Waals surface area (Å²) < 4.78 is 2.99. The number of carbonyl (C=O) groups is 2. The summed E-state index contributed by atoms with van der Waals surface area (Å²) in [6.07, 6.45) is 8.53. The number of carbonyl (C=O) groups excluding carboxylic acids is 2. The zero-order valence-corrected chi connectivity index (χ0v) is 19.8. The van der Waals surface area contributed by atoms with E-state index in [0.717, 1.165) is 58.1 Å². The monoisotopic (exact) mass is 491 g/mol. The number of amides is 2. The van der Waals surface area contributed by atoms with Gasteiger partial charge in [0.25, 0.3) is 5.91 Å². The Kier molecular flexibility index (Phi) is 5.64. The predicted molar refractivity (Wildman–Crippen MR) is 132 cm³/mol. The van der Waals surface area contributed by atoms with Crippen LogP contribution in [0.4, 0.5) is 5.69 Å². The Bertz CT molecular complexity index is 1240. The Morgan fingerprint density at radius 3 is 2.59 bits per heavy atom. The molecular formula is C26H26BrN3O2. The Morgan fingerprint density at radius 1 is 1.06 bits per heavy atom. The van der Waals surface area contributed by atoms with Crippen LogP contribution in [0.3, 0.4) is 0 Å². The maximum atomic E-state index is 13.1. The molecule has 2 aliphatic heterocycles. The van der Waals surface area contributed by atoms with Crippen molar-refractivity contribution in [2.45, 2.75) is 32.2 Å². The van der Waals surface area contributed by atoms with Crippen LogP contribution in [0.2, 0.25) is 0 Å². The highest BCUT2D eigenvalue weighted by molar-refractivity contribution is 9.10. The van der Waals surface area contributed by atoms with E-state index in [1.807, 2.05) is 65.2 Å². The fraction of sp³-hybridized carbons (Fsp3) is 0.308. The van der Waals surface area contributed by atoms with Gasteiger partial charge < -0.3 is 14.4 Å². The Hall–Kier alpha value is -2.86. The van der Waals surface area contributed by atoms with Gasteiger partial charge in [-0.05, 0) is 43.2 Å². The summed E-state index contributed by atoms with van der Waals surface area (Å²) in [7, 11) is 1.81. The molecule has 32 heavy (non-hydrogen) atoms. The molecule has 0 bridgehead atoms.